The zero-order chi connectivity index (χ0) is 14.5. The van der Waals surface area contributed by atoms with Crippen LogP contribution in [0.15, 0.2) is 11.3 Å². The highest BCUT2D eigenvalue weighted by Gasteiger charge is 2.29. The highest BCUT2D eigenvalue weighted by atomic mass is 15.1. The van der Waals surface area contributed by atoms with Gasteiger partial charge < -0.3 is 16.9 Å². The first-order chi connectivity index (χ1) is 8.89. The van der Waals surface area contributed by atoms with E-state index >= 15 is 0 Å². The van der Waals surface area contributed by atoms with Crippen molar-refractivity contribution in [1.82, 2.24) is 4.90 Å². The molecule has 1 fully saturated rings. The third-order valence-corrected chi connectivity index (χ3v) is 4.26. The topological polar surface area (TPSA) is 79.1 Å². The number of nitrogens with zero attached hydrogens (tertiary/aromatic N) is 1. The average Bonchev–Trinajstić information content (AvgIpc) is 2.32. The van der Waals surface area contributed by atoms with Crippen LogP contribution in [-0.2, 0) is 0 Å². The van der Waals surface area contributed by atoms with Crippen molar-refractivity contribution in [1.29, 1.82) is 5.41 Å². The van der Waals surface area contributed by atoms with Gasteiger partial charge in [-0.25, -0.2) is 0 Å². The quantitative estimate of drug-likeness (QED) is 0.643. The molecule has 110 valence electrons. The van der Waals surface area contributed by atoms with E-state index in [0.29, 0.717) is 24.4 Å². The largest absolute Gasteiger partial charge is 0.401 e. The Kier molecular flexibility index (Phi) is 6.01. The predicted molar refractivity (Wildman–Crippen MR) is 82.3 cm³/mol. The summed E-state index contributed by atoms with van der Waals surface area (Å²) in [5.41, 5.74) is 14.1. The van der Waals surface area contributed by atoms with E-state index in [-0.39, 0.29) is 0 Å². The van der Waals surface area contributed by atoms with Crippen molar-refractivity contribution in [3.63, 3.8) is 0 Å². The number of hydrogen-bond donors (Lipinski definition) is 3. The van der Waals surface area contributed by atoms with Crippen molar-refractivity contribution in [3.8, 4) is 0 Å². The Labute approximate surface area is 117 Å². The minimum absolute atomic E-state index is 0.453. The molecule has 0 aliphatic heterocycles. The molecule has 0 unspecified atom stereocenters. The summed E-state index contributed by atoms with van der Waals surface area (Å²) in [5, 5.41) is 7.67. The molecule has 1 saturated carbocycles. The van der Waals surface area contributed by atoms with Crippen molar-refractivity contribution < 1.29 is 0 Å². The smallest absolute Gasteiger partial charge is 0.0380 e. The van der Waals surface area contributed by atoms with Crippen LogP contribution in [-0.4, -0.2) is 37.8 Å². The molecular formula is C15H30N4. The summed E-state index contributed by atoms with van der Waals surface area (Å²) in [6, 6.07) is 0. The Balaban J connectivity index is 2.68. The van der Waals surface area contributed by atoms with Gasteiger partial charge in [0, 0.05) is 31.5 Å². The molecule has 4 heteroatoms. The lowest BCUT2D eigenvalue weighted by Gasteiger charge is -2.35. The van der Waals surface area contributed by atoms with Gasteiger partial charge in [-0.3, -0.25) is 4.90 Å². The Morgan fingerprint density at radius 1 is 1.37 bits per heavy atom. The van der Waals surface area contributed by atoms with Gasteiger partial charge in [-0.1, -0.05) is 13.8 Å². The molecule has 0 aromatic carbocycles. The van der Waals surface area contributed by atoms with E-state index in [1.807, 2.05) is 7.05 Å². The second-order valence-corrected chi connectivity index (χ2v) is 6.59. The van der Waals surface area contributed by atoms with E-state index in [1.54, 1.807) is 0 Å². The first-order valence-corrected chi connectivity index (χ1v) is 7.27. The lowest BCUT2D eigenvalue weighted by molar-refractivity contribution is 0.210. The van der Waals surface area contributed by atoms with Crippen molar-refractivity contribution in [2.75, 3.05) is 26.7 Å². The zero-order valence-corrected chi connectivity index (χ0v) is 12.7. The van der Waals surface area contributed by atoms with Gasteiger partial charge >= 0.3 is 0 Å². The van der Waals surface area contributed by atoms with Gasteiger partial charge in [0.1, 0.15) is 0 Å². The van der Waals surface area contributed by atoms with Gasteiger partial charge in [-0.2, -0.15) is 0 Å². The minimum atomic E-state index is 0.453. The summed E-state index contributed by atoms with van der Waals surface area (Å²) in [6.07, 6.45) is 6.22. The standard InChI is InChI=1S/C15H30N4/c1-15(2)6-4-12(5-7-15)13(10-17)14(18)11-19(3)9-8-16/h10,12,17H,4-9,11,16,18H2,1-3H3. The maximum absolute atomic E-state index is 7.67. The Morgan fingerprint density at radius 3 is 2.42 bits per heavy atom. The molecule has 1 aliphatic rings. The third-order valence-electron chi connectivity index (χ3n) is 4.26. The third kappa shape index (κ3) is 4.96. The number of nitrogens with two attached hydrogens (primary N) is 2. The molecule has 5 N–H and O–H groups in total. The van der Waals surface area contributed by atoms with Crippen LogP contribution in [0.2, 0.25) is 0 Å². The van der Waals surface area contributed by atoms with E-state index < -0.39 is 0 Å². The zero-order valence-electron chi connectivity index (χ0n) is 12.7. The molecule has 0 aromatic heterocycles. The molecule has 0 amide bonds. The molecule has 19 heavy (non-hydrogen) atoms. The fraction of sp³-hybridized carbons (Fsp3) is 0.800. The minimum Gasteiger partial charge on any atom is -0.401 e. The van der Waals surface area contributed by atoms with Gasteiger partial charge in [0.25, 0.3) is 0 Å². The predicted octanol–water partition coefficient (Wildman–Crippen LogP) is 1.96. The van der Waals surface area contributed by atoms with Crippen LogP contribution in [0.3, 0.4) is 0 Å². The fourth-order valence-electron chi connectivity index (χ4n) is 2.86. The van der Waals surface area contributed by atoms with Crippen LogP contribution in [0.4, 0.5) is 0 Å². The number of allylic oxidation sites excluding steroid dienone is 1. The molecule has 0 heterocycles. The second kappa shape index (κ2) is 7.06. The summed E-state index contributed by atoms with van der Waals surface area (Å²) >= 11 is 0. The molecule has 0 saturated heterocycles. The summed E-state index contributed by atoms with van der Waals surface area (Å²) in [4.78, 5) is 2.12. The molecule has 0 aromatic rings. The van der Waals surface area contributed by atoms with Crippen LogP contribution in [0.25, 0.3) is 0 Å². The molecule has 0 atom stereocenters. The van der Waals surface area contributed by atoms with E-state index in [1.165, 1.54) is 19.1 Å². The highest BCUT2D eigenvalue weighted by molar-refractivity contribution is 5.77. The number of rotatable bonds is 6. The highest BCUT2D eigenvalue weighted by Crippen LogP contribution is 2.40. The summed E-state index contributed by atoms with van der Waals surface area (Å²) in [7, 11) is 2.02. The molecule has 1 aliphatic carbocycles. The van der Waals surface area contributed by atoms with Gasteiger partial charge in [0.05, 0.1) is 0 Å². The van der Waals surface area contributed by atoms with Gasteiger partial charge in [0.2, 0.25) is 0 Å². The lowest BCUT2D eigenvalue weighted by Crippen LogP contribution is -2.31. The first-order valence-electron chi connectivity index (χ1n) is 7.27. The molecular weight excluding hydrogens is 236 g/mol. The molecule has 0 bridgehead atoms. The van der Waals surface area contributed by atoms with Crippen LogP contribution in [0.1, 0.15) is 39.5 Å². The Hall–Kier alpha value is -0.870. The van der Waals surface area contributed by atoms with E-state index in [9.17, 15) is 0 Å². The SMILES string of the molecule is CN(CCN)CC(N)=C(C=N)C1CCC(C)(C)CC1. The Bertz CT molecular complexity index is 323. The van der Waals surface area contributed by atoms with Crippen LogP contribution in [0.5, 0.6) is 0 Å². The van der Waals surface area contributed by atoms with Gasteiger partial charge in [-0.15, -0.1) is 0 Å². The van der Waals surface area contributed by atoms with Crippen LogP contribution >= 0.6 is 0 Å². The van der Waals surface area contributed by atoms with E-state index in [2.05, 4.69) is 18.7 Å². The van der Waals surface area contributed by atoms with Crippen LogP contribution < -0.4 is 11.5 Å². The average molecular weight is 266 g/mol. The normalized spacial score (nSPS) is 21.3. The lowest BCUT2D eigenvalue weighted by atomic mass is 9.71. The first kappa shape index (κ1) is 16.2. The fourth-order valence-corrected chi connectivity index (χ4v) is 2.86. The number of nitrogens with one attached hydrogen (secondary N) is 1. The van der Waals surface area contributed by atoms with Crippen molar-refractivity contribution in [2.24, 2.45) is 22.8 Å². The monoisotopic (exact) mass is 266 g/mol. The second-order valence-electron chi connectivity index (χ2n) is 6.59. The molecule has 0 radical (unpaired) electrons. The molecule has 4 nitrogen and oxygen atoms in total. The molecule has 1 rings (SSSR count). The summed E-state index contributed by atoms with van der Waals surface area (Å²) in [5.74, 6) is 0.469. The van der Waals surface area contributed by atoms with Gasteiger partial charge in [-0.05, 0) is 49.6 Å². The number of likely N-dealkylation sites (N-methyl/N-ethyl adjacent to an activating group) is 1. The van der Waals surface area contributed by atoms with Crippen LogP contribution in [0, 0.1) is 16.7 Å². The van der Waals surface area contributed by atoms with Crippen molar-refractivity contribution in [2.45, 2.75) is 39.5 Å². The van der Waals surface area contributed by atoms with Crippen molar-refractivity contribution in [3.05, 3.63) is 11.3 Å². The van der Waals surface area contributed by atoms with E-state index in [0.717, 1.165) is 30.7 Å². The van der Waals surface area contributed by atoms with Crippen molar-refractivity contribution >= 4 is 6.21 Å². The molecule has 0 spiro atoms. The van der Waals surface area contributed by atoms with E-state index in [4.69, 9.17) is 16.9 Å². The maximum Gasteiger partial charge on any atom is 0.0380 e. The Morgan fingerprint density at radius 2 is 1.95 bits per heavy atom. The maximum atomic E-state index is 7.67. The summed E-state index contributed by atoms with van der Waals surface area (Å²) in [6.45, 7) is 6.84. The number of hydrogen-bond acceptors (Lipinski definition) is 4. The summed E-state index contributed by atoms with van der Waals surface area (Å²) < 4.78 is 0. The van der Waals surface area contributed by atoms with Gasteiger partial charge in [0.15, 0.2) is 0 Å².